The molecule has 2 rings (SSSR count). The lowest BCUT2D eigenvalue weighted by atomic mass is 10.0. The molecule has 0 aromatic carbocycles. The van der Waals surface area contributed by atoms with Crippen LogP contribution in [0.4, 0.5) is 11.5 Å². The van der Waals surface area contributed by atoms with Crippen molar-refractivity contribution < 1.29 is 24.4 Å². The number of hydrogen-bond acceptors (Lipinski definition) is 7. The van der Waals surface area contributed by atoms with Crippen LogP contribution in [0.25, 0.3) is 0 Å². The molecule has 1 aromatic heterocycles. The zero-order valence-electron chi connectivity index (χ0n) is 10.5. The van der Waals surface area contributed by atoms with Crippen LogP contribution in [0.2, 0.25) is 0 Å². The predicted octanol–water partition coefficient (Wildman–Crippen LogP) is 0.440. The number of anilines is 1. The molecule has 1 aromatic rings. The molecule has 0 aliphatic carbocycles. The van der Waals surface area contributed by atoms with Gasteiger partial charge in [-0.2, -0.15) is 0 Å². The molecule has 0 radical (unpaired) electrons. The first kappa shape index (κ1) is 13.7. The van der Waals surface area contributed by atoms with Crippen LogP contribution < -0.4 is 4.90 Å². The highest BCUT2D eigenvalue weighted by molar-refractivity contribution is 5.89. The fraction of sp³-hybridized carbons (Fsp3) is 0.364. The summed E-state index contributed by atoms with van der Waals surface area (Å²) < 4.78 is 4.60. The Balaban J connectivity index is 2.39. The third-order valence-electron chi connectivity index (χ3n) is 3.06. The van der Waals surface area contributed by atoms with Crippen molar-refractivity contribution in [1.29, 1.82) is 0 Å². The van der Waals surface area contributed by atoms with E-state index >= 15 is 0 Å². The van der Waals surface area contributed by atoms with Gasteiger partial charge in [0.25, 0.3) is 0 Å². The highest BCUT2D eigenvalue weighted by Gasteiger charge is 2.39. The van der Waals surface area contributed by atoms with Crippen molar-refractivity contribution in [3.8, 4) is 0 Å². The standard InChI is InChI=1S/C11H11N3O6/c1-20-11(17)7-2-3-13(7)9-8(14(18)19)4-6(5-12-9)10(15)16/h4-5,7H,2-3H2,1H3,(H,15,16). The second-order valence-corrected chi connectivity index (χ2v) is 4.15. The second-order valence-electron chi connectivity index (χ2n) is 4.15. The zero-order chi connectivity index (χ0) is 14.9. The molecule has 9 heteroatoms. The Hall–Kier alpha value is -2.71. The largest absolute Gasteiger partial charge is 0.478 e. The van der Waals surface area contributed by atoms with Crippen molar-refractivity contribution in [3.63, 3.8) is 0 Å². The Morgan fingerprint density at radius 2 is 2.30 bits per heavy atom. The number of carbonyl (C=O) groups excluding carboxylic acids is 1. The number of carbonyl (C=O) groups is 2. The number of aromatic nitrogens is 1. The van der Waals surface area contributed by atoms with E-state index < -0.39 is 28.6 Å². The topological polar surface area (TPSA) is 123 Å². The number of ether oxygens (including phenoxy) is 1. The molecular formula is C11H11N3O6. The average molecular weight is 281 g/mol. The van der Waals surface area contributed by atoms with Gasteiger partial charge in [0.1, 0.15) is 6.04 Å². The van der Waals surface area contributed by atoms with Crippen LogP contribution in [0.1, 0.15) is 16.8 Å². The number of carboxylic acid groups (broad SMARTS) is 1. The average Bonchev–Trinajstić information content (AvgIpc) is 2.37. The van der Waals surface area contributed by atoms with Gasteiger partial charge < -0.3 is 14.7 Å². The summed E-state index contributed by atoms with van der Waals surface area (Å²) in [5.41, 5.74) is -0.728. The molecule has 1 unspecified atom stereocenters. The highest BCUT2D eigenvalue weighted by Crippen LogP contribution is 2.33. The lowest BCUT2D eigenvalue weighted by Crippen LogP contribution is -2.53. The number of pyridine rings is 1. The van der Waals surface area contributed by atoms with E-state index in [9.17, 15) is 19.7 Å². The van der Waals surface area contributed by atoms with Gasteiger partial charge in [-0.3, -0.25) is 10.1 Å². The molecule has 106 valence electrons. The van der Waals surface area contributed by atoms with E-state index in [1.54, 1.807) is 0 Å². The number of aromatic carboxylic acids is 1. The summed E-state index contributed by atoms with van der Waals surface area (Å²) in [5.74, 6) is -1.84. The molecule has 1 saturated heterocycles. The van der Waals surface area contributed by atoms with Crippen LogP contribution in [0.3, 0.4) is 0 Å². The third-order valence-corrected chi connectivity index (χ3v) is 3.06. The minimum absolute atomic E-state index is 0.0262. The van der Waals surface area contributed by atoms with Gasteiger partial charge in [-0.1, -0.05) is 0 Å². The van der Waals surface area contributed by atoms with Crippen molar-refractivity contribution in [2.45, 2.75) is 12.5 Å². The number of rotatable bonds is 4. The third kappa shape index (κ3) is 2.25. The van der Waals surface area contributed by atoms with Gasteiger partial charge in [-0.05, 0) is 6.42 Å². The molecule has 0 amide bonds. The second kappa shape index (κ2) is 5.11. The summed E-state index contributed by atoms with van der Waals surface area (Å²) in [7, 11) is 1.23. The molecule has 1 N–H and O–H groups in total. The molecule has 1 aliphatic rings. The van der Waals surface area contributed by atoms with Crippen molar-refractivity contribution >= 4 is 23.4 Å². The summed E-state index contributed by atoms with van der Waals surface area (Å²) in [5, 5.41) is 19.8. The van der Waals surface area contributed by atoms with Crippen molar-refractivity contribution in [3.05, 3.63) is 27.9 Å². The summed E-state index contributed by atoms with van der Waals surface area (Å²) in [6.45, 7) is 0.417. The van der Waals surface area contributed by atoms with E-state index in [1.165, 1.54) is 12.0 Å². The Morgan fingerprint density at radius 1 is 1.60 bits per heavy atom. The van der Waals surface area contributed by atoms with E-state index in [0.29, 0.717) is 13.0 Å². The Labute approximate surface area is 112 Å². The van der Waals surface area contributed by atoms with E-state index in [2.05, 4.69) is 9.72 Å². The van der Waals surface area contributed by atoms with Gasteiger partial charge in [-0.25, -0.2) is 14.6 Å². The number of esters is 1. The Morgan fingerprint density at radius 3 is 2.75 bits per heavy atom. The molecule has 1 atom stereocenters. The number of methoxy groups -OCH3 is 1. The predicted molar refractivity (Wildman–Crippen MR) is 65.6 cm³/mol. The summed E-state index contributed by atoms with van der Waals surface area (Å²) in [6.07, 6.45) is 1.53. The first-order valence-electron chi connectivity index (χ1n) is 5.68. The van der Waals surface area contributed by atoms with Gasteiger partial charge >= 0.3 is 17.6 Å². The van der Waals surface area contributed by atoms with E-state index in [0.717, 1.165) is 12.3 Å². The summed E-state index contributed by atoms with van der Waals surface area (Å²) in [4.78, 5) is 37.8. The number of nitro groups is 1. The van der Waals surface area contributed by atoms with Crippen LogP contribution in [0.15, 0.2) is 12.3 Å². The summed E-state index contributed by atoms with van der Waals surface area (Å²) in [6, 6.07) is 0.305. The van der Waals surface area contributed by atoms with E-state index in [4.69, 9.17) is 5.11 Å². The molecular weight excluding hydrogens is 270 g/mol. The molecule has 1 aliphatic heterocycles. The molecule has 2 heterocycles. The number of nitrogens with zero attached hydrogens (tertiary/aromatic N) is 3. The lowest BCUT2D eigenvalue weighted by molar-refractivity contribution is -0.384. The summed E-state index contributed by atoms with van der Waals surface area (Å²) >= 11 is 0. The SMILES string of the molecule is COC(=O)C1CCN1c1ncc(C(=O)O)cc1[N+](=O)[O-]. The maximum absolute atomic E-state index is 11.5. The van der Waals surface area contributed by atoms with Crippen LogP contribution in [0, 0.1) is 10.1 Å². The van der Waals surface area contributed by atoms with Gasteiger partial charge in [0.2, 0.25) is 5.82 Å². The minimum atomic E-state index is -1.31. The molecule has 20 heavy (non-hydrogen) atoms. The smallest absolute Gasteiger partial charge is 0.337 e. The van der Waals surface area contributed by atoms with Gasteiger partial charge in [0, 0.05) is 18.8 Å². The maximum Gasteiger partial charge on any atom is 0.337 e. The molecule has 0 bridgehead atoms. The minimum Gasteiger partial charge on any atom is -0.478 e. The molecule has 1 fully saturated rings. The van der Waals surface area contributed by atoms with Gasteiger partial charge in [0.15, 0.2) is 0 Å². The number of hydrogen-bond donors (Lipinski definition) is 1. The van der Waals surface area contributed by atoms with E-state index in [1.807, 2.05) is 0 Å². The normalized spacial score (nSPS) is 17.2. The van der Waals surface area contributed by atoms with E-state index in [-0.39, 0.29) is 11.4 Å². The van der Waals surface area contributed by atoms with Crippen molar-refractivity contribution in [1.82, 2.24) is 4.98 Å². The number of carboxylic acids is 1. The quantitative estimate of drug-likeness (QED) is 0.479. The van der Waals surface area contributed by atoms with Crippen LogP contribution in [-0.4, -0.2) is 46.6 Å². The highest BCUT2D eigenvalue weighted by atomic mass is 16.6. The van der Waals surface area contributed by atoms with Crippen LogP contribution in [-0.2, 0) is 9.53 Å². The fourth-order valence-electron chi connectivity index (χ4n) is 1.94. The lowest BCUT2D eigenvalue weighted by Gasteiger charge is -2.39. The van der Waals surface area contributed by atoms with Gasteiger partial charge in [-0.15, -0.1) is 0 Å². The monoisotopic (exact) mass is 281 g/mol. The Bertz CT molecular complexity index is 588. The Kier molecular flexibility index (Phi) is 3.51. The van der Waals surface area contributed by atoms with Crippen molar-refractivity contribution in [2.75, 3.05) is 18.6 Å². The first-order valence-corrected chi connectivity index (χ1v) is 5.68. The molecule has 9 nitrogen and oxygen atoms in total. The maximum atomic E-state index is 11.5. The van der Waals surface area contributed by atoms with Crippen molar-refractivity contribution in [2.24, 2.45) is 0 Å². The fourth-order valence-corrected chi connectivity index (χ4v) is 1.94. The first-order chi connectivity index (χ1) is 9.45. The van der Waals surface area contributed by atoms with Gasteiger partial charge in [0.05, 0.1) is 17.6 Å². The van der Waals surface area contributed by atoms with Crippen LogP contribution in [0.5, 0.6) is 0 Å². The zero-order valence-corrected chi connectivity index (χ0v) is 10.5. The molecule has 0 spiro atoms. The molecule has 0 saturated carbocycles. The van der Waals surface area contributed by atoms with Crippen LogP contribution >= 0.6 is 0 Å².